The molecule has 0 saturated carbocycles. The molecule has 0 aromatic heterocycles. The number of benzene rings is 1. The van der Waals surface area contributed by atoms with E-state index in [1.165, 1.54) is 11.1 Å². The third kappa shape index (κ3) is 7.26. The van der Waals surface area contributed by atoms with Crippen molar-refractivity contribution in [1.82, 2.24) is 5.32 Å². The van der Waals surface area contributed by atoms with Gasteiger partial charge in [-0.3, -0.25) is 4.79 Å². The molecule has 0 saturated heterocycles. The molecule has 0 aliphatic carbocycles. The quantitative estimate of drug-likeness (QED) is 0.646. The Balaban J connectivity index is 2.42. The minimum atomic E-state index is -0.764. The van der Waals surface area contributed by atoms with Gasteiger partial charge in [0.1, 0.15) is 0 Å². The third-order valence-corrected chi connectivity index (χ3v) is 3.13. The van der Waals surface area contributed by atoms with Crippen LogP contribution in [0, 0.1) is 6.92 Å². The van der Waals surface area contributed by atoms with Gasteiger partial charge in [-0.2, -0.15) is 0 Å². The summed E-state index contributed by atoms with van der Waals surface area (Å²) in [6.45, 7) is 6.24. The van der Waals surface area contributed by atoms with Crippen molar-refractivity contribution in [1.29, 1.82) is 0 Å². The van der Waals surface area contributed by atoms with Crippen LogP contribution >= 0.6 is 0 Å². The summed E-state index contributed by atoms with van der Waals surface area (Å²) in [5, 5.41) is 12.3. The highest BCUT2D eigenvalue weighted by Gasteiger charge is 2.13. The van der Waals surface area contributed by atoms with Crippen LogP contribution in [0.5, 0.6) is 0 Å². The zero-order valence-electron chi connectivity index (χ0n) is 12.4. The number of rotatable bonds is 10. The number of nitrogens with one attached hydrogen (secondary N) is 1. The molecule has 0 heterocycles. The van der Waals surface area contributed by atoms with E-state index in [4.69, 9.17) is 9.84 Å². The molecular weight excluding hydrogens is 254 g/mol. The van der Waals surface area contributed by atoms with Crippen LogP contribution in [-0.2, 0) is 16.0 Å². The number of aliphatic carboxylic acids is 1. The van der Waals surface area contributed by atoms with Gasteiger partial charge in [0.05, 0.1) is 6.42 Å². The van der Waals surface area contributed by atoms with Crippen LogP contribution < -0.4 is 5.32 Å². The van der Waals surface area contributed by atoms with E-state index in [-0.39, 0.29) is 12.5 Å². The molecule has 1 rings (SSSR count). The molecular formula is C16H25NO3. The van der Waals surface area contributed by atoms with Crippen molar-refractivity contribution in [2.24, 2.45) is 0 Å². The van der Waals surface area contributed by atoms with E-state index in [0.29, 0.717) is 6.61 Å². The first-order chi connectivity index (χ1) is 9.61. The molecule has 0 fully saturated rings. The van der Waals surface area contributed by atoms with Crippen molar-refractivity contribution in [2.45, 2.75) is 39.2 Å². The van der Waals surface area contributed by atoms with Crippen LogP contribution in [0.4, 0.5) is 0 Å². The minimum Gasteiger partial charge on any atom is -0.481 e. The molecule has 1 aromatic carbocycles. The standard InChI is InChI=1S/C16H25NO3/c1-3-20-10-4-9-17-15(12-16(18)19)11-14-7-5-13(2)6-8-14/h5-8,15,17H,3-4,9-12H2,1-2H3,(H,18,19). The van der Waals surface area contributed by atoms with Crippen LogP contribution in [0.1, 0.15) is 30.9 Å². The second kappa shape index (κ2) is 9.50. The lowest BCUT2D eigenvalue weighted by molar-refractivity contribution is -0.137. The highest BCUT2D eigenvalue weighted by molar-refractivity contribution is 5.67. The Morgan fingerprint density at radius 1 is 1.35 bits per heavy atom. The molecule has 1 aromatic rings. The van der Waals surface area contributed by atoms with Crippen molar-refractivity contribution < 1.29 is 14.6 Å². The third-order valence-electron chi connectivity index (χ3n) is 3.13. The summed E-state index contributed by atoms with van der Waals surface area (Å²) in [5.74, 6) is -0.764. The van der Waals surface area contributed by atoms with Gasteiger partial charge in [-0.15, -0.1) is 0 Å². The van der Waals surface area contributed by atoms with Gasteiger partial charge in [-0.05, 0) is 38.8 Å². The molecule has 0 spiro atoms. The van der Waals surface area contributed by atoms with Crippen LogP contribution in [0.3, 0.4) is 0 Å². The Morgan fingerprint density at radius 3 is 2.65 bits per heavy atom. The number of ether oxygens (including phenoxy) is 1. The smallest absolute Gasteiger partial charge is 0.304 e. The van der Waals surface area contributed by atoms with Crippen LogP contribution in [0.2, 0.25) is 0 Å². The molecule has 112 valence electrons. The second-order valence-electron chi connectivity index (χ2n) is 4.99. The predicted molar refractivity (Wildman–Crippen MR) is 80.0 cm³/mol. The van der Waals surface area contributed by atoms with E-state index < -0.39 is 5.97 Å². The topological polar surface area (TPSA) is 58.6 Å². The van der Waals surface area contributed by atoms with Crippen molar-refractivity contribution in [3.63, 3.8) is 0 Å². The second-order valence-corrected chi connectivity index (χ2v) is 4.99. The summed E-state index contributed by atoms with van der Waals surface area (Å²) in [6, 6.07) is 8.21. The number of hydrogen-bond acceptors (Lipinski definition) is 3. The lowest BCUT2D eigenvalue weighted by Crippen LogP contribution is -2.34. The van der Waals surface area contributed by atoms with E-state index in [0.717, 1.165) is 26.0 Å². The van der Waals surface area contributed by atoms with Gasteiger partial charge in [0, 0.05) is 19.3 Å². The molecule has 2 N–H and O–H groups in total. The van der Waals surface area contributed by atoms with Gasteiger partial charge < -0.3 is 15.2 Å². The Morgan fingerprint density at radius 2 is 2.05 bits per heavy atom. The number of carboxylic acid groups (broad SMARTS) is 1. The van der Waals surface area contributed by atoms with E-state index in [1.54, 1.807) is 0 Å². The normalized spacial score (nSPS) is 12.3. The molecule has 4 nitrogen and oxygen atoms in total. The highest BCUT2D eigenvalue weighted by Crippen LogP contribution is 2.08. The Labute approximate surface area is 121 Å². The maximum Gasteiger partial charge on any atom is 0.304 e. The van der Waals surface area contributed by atoms with E-state index in [2.05, 4.69) is 29.6 Å². The molecule has 4 heteroatoms. The van der Waals surface area contributed by atoms with Crippen molar-refractivity contribution in [3.8, 4) is 0 Å². The fourth-order valence-corrected chi connectivity index (χ4v) is 2.06. The lowest BCUT2D eigenvalue weighted by Gasteiger charge is -2.17. The maximum absolute atomic E-state index is 10.9. The molecule has 1 unspecified atom stereocenters. The zero-order valence-corrected chi connectivity index (χ0v) is 12.4. The van der Waals surface area contributed by atoms with Crippen LogP contribution in [0.25, 0.3) is 0 Å². The van der Waals surface area contributed by atoms with Gasteiger partial charge >= 0.3 is 5.97 Å². The van der Waals surface area contributed by atoms with Gasteiger partial charge in [-0.25, -0.2) is 0 Å². The lowest BCUT2D eigenvalue weighted by atomic mass is 10.0. The molecule has 0 amide bonds. The Bertz CT molecular complexity index is 389. The number of carboxylic acids is 1. The first-order valence-corrected chi connectivity index (χ1v) is 7.20. The van der Waals surface area contributed by atoms with Gasteiger partial charge in [-0.1, -0.05) is 29.8 Å². The largest absolute Gasteiger partial charge is 0.481 e. The van der Waals surface area contributed by atoms with Crippen LogP contribution in [0.15, 0.2) is 24.3 Å². The minimum absolute atomic E-state index is 0.0307. The fourth-order valence-electron chi connectivity index (χ4n) is 2.06. The van der Waals surface area contributed by atoms with E-state index in [9.17, 15) is 4.79 Å². The van der Waals surface area contributed by atoms with Gasteiger partial charge in [0.25, 0.3) is 0 Å². The summed E-state index contributed by atoms with van der Waals surface area (Å²) in [4.78, 5) is 10.9. The molecule has 20 heavy (non-hydrogen) atoms. The first-order valence-electron chi connectivity index (χ1n) is 7.20. The molecule has 0 radical (unpaired) electrons. The molecule has 0 aliphatic rings. The van der Waals surface area contributed by atoms with Gasteiger partial charge in [0.2, 0.25) is 0 Å². The first kappa shape index (κ1) is 16.7. The molecule has 0 aliphatic heterocycles. The van der Waals surface area contributed by atoms with Crippen molar-refractivity contribution in [2.75, 3.05) is 19.8 Å². The number of hydrogen-bond donors (Lipinski definition) is 2. The average molecular weight is 279 g/mol. The zero-order chi connectivity index (χ0) is 14.8. The van der Waals surface area contributed by atoms with Crippen molar-refractivity contribution in [3.05, 3.63) is 35.4 Å². The monoisotopic (exact) mass is 279 g/mol. The fraction of sp³-hybridized carbons (Fsp3) is 0.562. The summed E-state index contributed by atoms with van der Waals surface area (Å²) in [7, 11) is 0. The highest BCUT2D eigenvalue weighted by atomic mass is 16.5. The average Bonchev–Trinajstić information content (AvgIpc) is 2.40. The summed E-state index contributed by atoms with van der Waals surface area (Å²) < 4.78 is 5.27. The SMILES string of the molecule is CCOCCCNC(CC(=O)O)Cc1ccc(C)cc1. The number of aryl methyl sites for hydroxylation is 1. The summed E-state index contributed by atoms with van der Waals surface area (Å²) >= 11 is 0. The van der Waals surface area contributed by atoms with Crippen LogP contribution in [-0.4, -0.2) is 36.9 Å². The molecule has 0 bridgehead atoms. The maximum atomic E-state index is 10.9. The van der Waals surface area contributed by atoms with Gasteiger partial charge in [0.15, 0.2) is 0 Å². The summed E-state index contributed by atoms with van der Waals surface area (Å²) in [6.07, 6.45) is 1.78. The molecule has 1 atom stereocenters. The van der Waals surface area contributed by atoms with Crippen molar-refractivity contribution >= 4 is 5.97 Å². The van der Waals surface area contributed by atoms with E-state index >= 15 is 0 Å². The predicted octanol–water partition coefficient (Wildman–Crippen LogP) is 2.40. The Kier molecular flexibility index (Phi) is 7.92. The summed E-state index contributed by atoms with van der Waals surface area (Å²) in [5.41, 5.74) is 2.38. The number of carbonyl (C=O) groups is 1. The Hall–Kier alpha value is -1.39. The van der Waals surface area contributed by atoms with E-state index in [1.807, 2.05) is 13.8 Å².